The molecule has 8 nitrogen and oxygen atoms in total. The molecule has 2 N–H and O–H groups in total. The number of aryl methyl sites for hydroxylation is 1. The molecule has 1 aliphatic rings. The maximum atomic E-state index is 12.3. The lowest BCUT2D eigenvalue weighted by Crippen LogP contribution is -2.30. The number of amides is 4. The number of hydrogen-bond donors (Lipinski definition) is 2. The standard InChI is InChI=1S/C23H25N3O5/c1-14(2)18-6-4-5-15(3)21(18)25-19(27)13-31-22(29)17-9-7-16(8-10-17)12-26-20(28)11-24-23(26)30/h4-10,14H,11-13H2,1-3H3,(H,24,30)(H,25,27). The second-order valence-electron chi connectivity index (χ2n) is 7.65. The van der Waals surface area contributed by atoms with Crippen molar-refractivity contribution in [2.75, 3.05) is 18.5 Å². The van der Waals surface area contributed by atoms with E-state index in [2.05, 4.69) is 10.6 Å². The fourth-order valence-corrected chi connectivity index (χ4v) is 3.28. The number of hydrogen-bond acceptors (Lipinski definition) is 5. The molecule has 0 radical (unpaired) electrons. The number of nitrogens with one attached hydrogen (secondary N) is 2. The molecule has 162 valence electrons. The Balaban J connectivity index is 1.56. The Kier molecular flexibility index (Phi) is 6.69. The fourth-order valence-electron chi connectivity index (χ4n) is 3.28. The first-order chi connectivity index (χ1) is 14.8. The molecule has 1 aliphatic heterocycles. The molecule has 1 saturated heterocycles. The Bertz CT molecular complexity index is 998. The summed E-state index contributed by atoms with van der Waals surface area (Å²) in [5.41, 5.74) is 3.66. The number of imide groups is 1. The third kappa shape index (κ3) is 5.28. The highest BCUT2D eigenvalue weighted by molar-refractivity contribution is 6.02. The van der Waals surface area contributed by atoms with Gasteiger partial charge in [-0.3, -0.25) is 14.5 Å². The third-order valence-corrected chi connectivity index (χ3v) is 4.99. The second-order valence-corrected chi connectivity index (χ2v) is 7.65. The van der Waals surface area contributed by atoms with Crippen molar-refractivity contribution in [3.63, 3.8) is 0 Å². The number of urea groups is 1. The normalized spacial score (nSPS) is 13.4. The average molecular weight is 423 g/mol. The largest absolute Gasteiger partial charge is 0.452 e. The van der Waals surface area contributed by atoms with Crippen LogP contribution in [0.2, 0.25) is 0 Å². The van der Waals surface area contributed by atoms with E-state index in [-0.39, 0.29) is 30.5 Å². The minimum absolute atomic E-state index is 0.00747. The van der Waals surface area contributed by atoms with Crippen LogP contribution < -0.4 is 10.6 Å². The highest BCUT2D eigenvalue weighted by Crippen LogP contribution is 2.27. The quantitative estimate of drug-likeness (QED) is 0.526. The lowest BCUT2D eigenvalue weighted by atomic mass is 9.98. The highest BCUT2D eigenvalue weighted by atomic mass is 16.5. The van der Waals surface area contributed by atoms with Crippen LogP contribution in [0.5, 0.6) is 0 Å². The maximum Gasteiger partial charge on any atom is 0.338 e. The van der Waals surface area contributed by atoms with Crippen LogP contribution in [-0.2, 0) is 20.9 Å². The van der Waals surface area contributed by atoms with Crippen molar-refractivity contribution in [1.82, 2.24) is 10.2 Å². The Morgan fingerprint density at radius 3 is 2.45 bits per heavy atom. The van der Waals surface area contributed by atoms with Gasteiger partial charge in [-0.25, -0.2) is 9.59 Å². The summed E-state index contributed by atoms with van der Waals surface area (Å²) in [6, 6.07) is 11.7. The summed E-state index contributed by atoms with van der Waals surface area (Å²) in [7, 11) is 0. The van der Waals surface area contributed by atoms with Crippen LogP contribution in [-0.4, -0.2) is 41.9 Å². The van der Waals surface area contributed by atoms with Crippen LogP contribution in [0.3, 0.4) is 0 Å². The molecular formula is C23H25N3O5. The van der Waals surface area contributed by atoms with Crippen LogP contribution in [0.15, 0.2) is 42.5 Å². The predicted molar refractivity (Wildman–Crippen MR) is 115 cm³/mol. The summed E-state index contributed by atoms with van der Waals surface area (Å²) in [6.07, 6.45) is 0. The van der Waals surface area contributed by atoms with E-state index in [4.69, 9.17) is 4.74 Å². The Morgan fingerprint density at radius 1 is 1.13 bits per heavy atom. The zero-order chi connectivity index (χ0) is 22.5. The third-order valence-electron chi connectivity index (χ3n) is 4.99. The first-order valence-electron chi connectivity index (χ1n) is 10.00. The zero-order valence-electron chi connectivity index (χ0n) is 17.7. The minimum atomic E-state index is -0.634. The molecule has 0 unspecified atom stereocenters. The lowest BCUT2D eigenvalue weighted by molar-refractivity contribution is -0.125. The Labute approximate surface area is 180 Å². The molecule has 2 aromatic rings. The fraction of sp³-hybridized carbons (Fsp3) is 0.304. The monoisotopic (exact) mass is 423 g/mol. The van der Waals surface area contributed by atoms with Gasteiger partial charge in [0.25, 0.3) is 5.91 Å². The van der Waals surface area contributed by atoms with Crippen LogP contribution in [0, 0.1) is 6.92 Å². The van der Waals surface area contributed by atoms with E-state index in [0.717, 1.165) is 21.7 Å². The van der Waals surface area contributed by atoms with Gasteiger partial charge in [0.1, 0.15) is 0 Å². The summed E-state index contributed by atoms with van der Waals surface area (Å²) >= 11 is 0. The van der Waals surface area contributed by atoms with Gasteiger partial charge < -0.3 is 15.4 Å². The molecule has 3 rings (SSSR count). The van der Waals surface area contributed by atoms with Crippen molar-refractivity contribution in [3.05, 3.63) is 64.7 Å². The summed E-state index contributed by atoms with van der Waals surface area (Å²) < 4.78 is 5.13. The van der Waals surface area contributed by atoms with Crippen LogP contribution in [0.1, 0.15) is 46.8 Å². The van der Waals surface area contributed by atoms with E-state index in [1.165, 1.54) is 12.1 Å². The second kappa shape index (κ2) is 9.42. The van der Waals surface area contributed by atoms with Gasteiger partial charge in [0.15, 0.2) is 6.61 Å². The van der Waals surface area contributed by atoms with Gasteiger partial charge in [-0.1, -0.05) is 44.2 Å². The molecule has 8 heteroatoms. The first-order valence-corrected chi connectivity index (χ1v) is 10.00. The highest BCUT2D eigenvalue weighted by Gasteiger charge is 2.28. The number of para-hydroxylation sites is 1. The van der Waals surface area contributed by atoms with Crippen molar-refractivity contribution in [2.24, 2.45) is 0 Å². The molecule has 0 spiro atoms. The van der Waals surface area contributed by atoms with E-state index in [1.54, 1.807) is 12.1 Å². The number of carbonyl (C=O) groups is 4. The number of nitrogens with zero attached hydrogens (tertiary/aromatic N) is 1. The average Bonchev–Trinajstić information content (AvgIpc) is 3.06. The minimum Gasteiger partial charge on any atom is -0.452 e. The van der Waals surface area contributed by atoms with Gasteiger partial charge in [0, 0.05) is 5.69 Å². The molecule has 0 aromatic heterocycles. The summed E-state index contributed by atoms with van der Waals surface area (Å²) in [6.45, 7) is 5.70. The number of ether oxygens (including phenoxy) is 1. The number of carbonyl (C=O) groups excluding carboxylic acids is 4. The summed E-state index contributed by atoms with van der Waals surface area (Å²) in [4.78, 5) is 49.0. The van der Waals surface area contributed by atoms with E-state index in [1.807, 2.05) is 39.0 Å². The van der Waals surface area contributed by atoms with Gasteiger partial charge in [-0.05, 0) is 41.7 Å². The molecule has 0 saturated carbocycles. The Hall–Kier alpha value is -3.68. The van der Waals surface area contributed by atoms with Gasteiger partial charge in [-0.2, -0.15) is 0 Å². The SMILES string of the molecule is Cc1cccc(C(C)C)c1NC(=O)COC(=O)c1ccc(CN2C(=O)CNC2=O)cc1. The van der Waals surface area contributed by atoms with Gasteiger partial charge >= 0.3 is 12.0 Å². The van der Waals surface area contributed by atoms with Crippen molar-refractivity contribution in [1.29, 1.82) is 0 Å². The molecule has 1 fully saturated rings. The number of rotatable bonds is 7. The first kappa shape index (κ1) is 22.0. The van der Waals surface area contributed by atoms with E-state index >= 15 is 0 Å². The molecule has 4 amide bonds. The number of benzene rings is 2. The molecule has 31 heavy (non-hydrogen) atoms. The van der Waals surface area contributed by atoms with Crippen molar-refractivity contribution in [3.8, 4) is 0 Å². The number of anilines is 1. The molecule has 1 heterocycles. The van der Waals surface area contributed by atoms with E-state index in [9.17, 15) is 19.2 Å². The van der Waals surface area contributed by atoms with E-state index in [0.29, 0.717) is 5.56 Å². The molecule has 0 aliphatic carbocycles. The maximum absolute atomic E-state index is 12.3. The number of esters is 1. The molecular weight excluding hydrogens is 398 g/mol. The Morgan fingerprint density at radius 2 is 1.84 bits per heavy atom. The molecule has 0 bridgehead atoms. The van der Waals surface area contributed by atoms with Crippen molar-refractivity contribution in [2.45, 2.75) is 33.2 Å². The van der Waals surface area contributed by atoms with E-state index < -0.39 is 24.5 Å². The van der Waals surface area contributed by atoms with Gasteiger partial charge in [-0.15, -0.1) is 0 Å². The van der Waals surface area contributed by atoms with Crippen LogP contribution in [0.25, 0.3) is 0 Å². The summed E-state index contributed by atoms with van der Waals surface area (Å²) in [5, 5.41) is 5.29. The molecule has 2 aromatic carbocycles. The summed E-state index contributed by atoms with van der Waals surface area (Å²) in [5.74, 6) is -1.11. The van der Waals surface area contributed by atoms with Crippen molar-refractivity contribution < 1.29 is 23.9 Å². The van der Waals surface area contributed by atoms with Crippen molar-refractivity contribution >= 4 is 29.5 Å². The smallest absolute Gasteiger partial charge is 0.338 e. The van der Waals surface area contributed by atoms with Gasteiger partial charge in [0.05, 0.1) is 18.7 Å². The van der Waals surface area contributed by atoms with Gasteiger partial charge in [0.2, 0.25) is 5.91 Å². The predicted octanol–water partition coefficient (Wildman–Crippen LogP) is 2.97. The molecule has 0 atom stereocenters. The zero-order valence-corrected chi connectivity index (χ0v) is 17.7. The van der Waals surface area contributed by atoms with Crippen LogP contribution >= 0.6 is 0 Å². The lowest BCUT2D eigenvalue weighted by Gasteiger charge is -2.16. The van der Waals surface area contributed by atoms with Crippen LogP contribution in [0.4, 0.5) is 10.5 Å². The topological polar surface area (TPSA) is 105 Å².